The zero-order valence-corrected chi connectivity index (χ0v) is 10.2. The fourth-order valence-corrected chi connectivity index (χ4v) is 1.95. The van der Waals surface area contributed by atoms with Crippen molar-refractivity contribution in [2.24, 2.45) is 0 Å². The number of benzene rings is 1. The van der Waals surface area contributed by atoms with Crippen molar-refractivity contribution < 1.29 is 20.1 Å². The Morgan fingerprint density at radius 3 is 2.47 bits per heavy atom. The molecule has 0 aliphatic heterocycles. The summed E-state index contributed by atoms with van der Waals surface area (Å²) >= 11 is 0. The van der Waals surface area contributed by atoms with Crippen LogP contribution >= 0.6 is 0 Å². The Kier molecular flexibility index (Phi) is 3.80. The Morgan fingerprint density at radius 1 is 1.16 bits per heavy atom. The highest BCUT2D eigenvalue weighted by molar-refractivity contribution is 6.01. The van der Waals surface area contributed by atoms with Gasteiger partial charge in [-0.15, -0.1) is 0 Å². The van der Waals surface area contributed by atoms with Crippen LogP contribution in [0.25, 0.3) is 0 Å². The number of carbonyl (C=O) groups excluding carboxylic acids is 1. The first-order valence-electron chi connectivity index (χ1n) is 5.88. The van der Waals surface area contributed by atoms with Crippen molar-refractivity contribution in [3.05, 3.63) is 54.3 Å². The standard InChI is InChI=1S/C14H15NO4/c16-9-8-15(11-4-2-1-3-5-11)13-10-12(17)6-7-14(13,18)19/h1-7,10,16,18-19H,8-9H2. The van der Waals surface area contributed by atoms with Crippen LogP contribution in [0.2, 0.25) is 0 Å². The van der Waals surface area contributed by atoms with Crippen LogP contribution in [0.15, 0.2) is 54.3 Å². The van der Waals surface area contributed by atoms with Crippen molar-refractivity contribution in [2.75, 3.05) is 18.1 Å². The van der Waals surface area contributed by atoms with Crippen LogP contribution in [-0.4, -0.2) is 40.0 Å². The number of allylic oxidation sites excluding steroid dienone is 2. The monoisotopic (exact) mass is 261 g/mol. The molecule has 5 nitrogen and oxygen atoms in total. The van der Waals surface area contributed by atoms with E-state index in [1.54, 1.807) is 24.3 Å². The molecule has 1 aliphatic rings. The van der Waals surface area contributed by atoms with Gasteiger partial charge in [-0.1, -0.05) is 18.2 Å². The molecule has 19 heavy (non-hydrogen) atoms. The maximum absolute atomic E-state index is 11.4. The van der Waals surface area contributed by atoms with Gasteiger partial charge in [-0.2, -0.15) is 0 Å². The van der Waals surface area contributed by atoms with E-state index in [0.717, 1.165) is 18.2 Å². The summed E-state index contributed by atoms with van der Waals surface area (Å²) in [6.45, 7) is -0.0277. The van der Waals surface area contributed by atoms with Gasteiger partial charge in [-0.3, -0.25) is 4.79 Å². The van der Waals surface area contributed by atoms with Crippen LogP contribution in [0.5, 0.6) is 0 Å². The van der Waals surface area contributed by atoms with E-state index in [4.69, 9.17) is 5.11 Å². The number of nitrogens with zero attached hydrogens (tertiary/aromatic N) is 1. The quantitative estimate of drug-likeness (QED) is 0.674. The van der Waals surface area contributed by atoms with E-state index >= 15 is 0 Å². The van der Waals surface area contributed by atoms with Gasteiger partial charge in [-0.25, -0.2) is 0 Å². The van der Waals surface area contributed by atoms with Gasteiger partial charge in [0, 0.05) is 18.3 Å². The summed E-state index contributed by atoms with van der Waals surface area (Å²) in [5.74, 6) is -2.55. The van der Waals surface area contributed by atoms with Crippen molar-refractivity contribution in [1.82, 2.24) is 0 Å². The third-order valence-corrected chi connectivity index (χ3v) is 2.82. The smallest absolute Gasteiger partial charge is 0.226 e. The predicted molar refractivity (Wildman–Crippen MR) is 70.3 cm³/mol. The van der Waals surface area contributed by atoms with Crippen LogP contribution in [0, 0.1) is 0 Å². The van der Waals surface area contributed by atoms with E-state index in [1.807, 2.05) is 6.07 Å². The van der Waals surface area contributed by atoms with E-state index in [0.29, 0.717) is 5.69 Å². The predicted octanol–water partition coefficient (Wildman–Crippen LogP) is 0.189. The second-order valence-electron chi connectivity index (χ2n) is 4.20. The average Bonchev–Trinajstić information content (AvgIpc) is 2.40. The summed E-state index contributed by atoms with van der Waals surface area (Å²) < 4.78 is 0. The van der Waals surface area contributed by atoms with Crippen molar-refractivity contribution in [3.63, 3.8) is 0 Å². The maximum atomic E-state index is 11.4. The first-order chi connectivity index (χ1) is 9.04. The van der Waals surface area contributed by atoms with E-state index in [-0.39, 0.29) is 24.6 Å². The molecule has 0 saturated carbocycles. The lowest BCUT2D eigenvalue weighted by Gasteiger charge is -2.34. The van der Waals surface area contributed by atoms with Gasteiger partial charge in [0.2, 0.25) is 5.79 Å². The molecule has 0 aromatic heterocycles. The highest BCUT2D eigenvalue weighted by Gasteiger charge is 2.33. The summed E-state index contributed by atoms with van der Waals surface area (Å²) in [4.78, 5) is 12.9. The molecule has 0 fully saturated rings. The van der Waals surface area contributed by atoms with Gasteiger partial charge in [0.15, 0.2) is 5.78 Å². The van der Waals surface area contributed by atoms with Gasteiger partial charge in [-0.05, 0) is 24.3 Å². The van der Waals surface area contributed by atoms with Crippen molar-refractivity contribution in [1.29, 1.82) is 0 Å². The highest BCUT2D eigenvalue weighted by Crippen LogP contribution is 2.28. The van der Waals surface area contributed by atoms with Crippen molar-refractivity contribution >= 4 is 11.5 Å². The van der Waals surface area contributed by atoms with Gasteiger partial charge in [0.25, 0.3) is 0 Å². The molecule has 1 aromatic carbocycles. The zero-order chi connectivity index (χ0) is 13.9. The molecular formula is C14H15NO4. The van der Waals surface area contributed by atoms with Crippen LogP contribution < -0.4 is 4.90 Å². The van der Waals surface area contributed by atoms with Gasteiger partial charge >= 0.3 is 0 Å². The van der Waals surface area contributed by atoms with Gasteiger partial charge in [0.05, 0.1) is 12.3 Å². The first-order valence-corrected chi connectivity index (χ1v) is 5.88. The van der Waals surface area contributed by atoms with E-state index in [2.05, 4.69) is 0 Å². The normalized spacial score (nSPS) is 17.2. The summed E-state index contributed by atoms with van der Waals surface area (Å²) in [6, 6.07) is 8.92. The summed E-state index contributed by atoms with van der Waals surface area (Å²) in [7, 11) is 0. The van der Waals surface area contributed by atoms with E-state index < -0.39 is 5.79 Å². The number of hydrogen-bond acceptors (Lipinski definition) is 5. The molecule has 100 valence electrons. The summed E-state index contributed by atoms with van der Waals surface area (Å²) in [5.41, 5.74) is 0.693. The van der Waals surface area contributed by atoms with E-state index in [9.17, 15) is 15.0 Å². The Hall–Kier alpha value is -1.95. The number of hydrogen-bond donors (Lipinski definition) is 3. The average molecular weight is 261 g/mol. The third kappa shape index (κ3) is 2.90. The fraction of sp³-hybridized carbons (Fsp3) is 0.214. The second-order valence-corrected chi connectivity index (χ2v) is 4.20. The molecule has 0 heterocycles. The molecule has 1 aromatic rings. The second kappa shape index (κ2) is 5.36. The molecule has 0 spiro atoms. The minimum absolute atomic E-state index is 0.0280. The minimum Gasteiger partial charge on any atom is -0.395 e. The Morgan fingerprint density at radius 2 is 1.84 bits per heavy atom. The van der Waals surface area contributed by atoms with Crippen LogP contribution in [-0.2, 0) is 4.79 Å². The molecule has 2 rings (SSSR count). The number of para-hydroxylation sites is 1. The zero-order valence-electron chi connectivity index (χ0n) is 10.2. The number of ketones is 1. The number of rotatable bonds is 4. The lowest BCUT2D eigenvalue weighted by molar-refractivity contribution is -0.114. The number of anilines is 1. The topological polar surface area (TPSA) is 81.0 Å². The molecule has 0 radical (unpaired) electrons. The highest BCUT2D eigenvalue weighted by atomic mass is 16.5. The number of aliphatic hydroxyl groups excluding tert-OH is 1. The van der Waals surface area contributed by atoms with Crippen LogP contribution in [0.4, 0.5) is 5.69 Å². The molecule has 3 N–H and O–H groups in total. The number of aliphatic hydroxyl groups is 3. The van der Waals surface area contributed by atoms with Crippen molar-refractivity contribution in [3.8, 4) is 0 Å². The Labute approximate surface area is 110 Å². The van der Waals surface area contributed by atoms with Crippen molar-refractivity contribution in [2.45, 2.75) is 5.79 Å². The Balaban J connectivity index is 2.42. The minimum atomic E-state index is -2.22. The largest absolute Gasteiger partial charge is 0.395 e. The van der Waals surface area contributed by atoms with Crippen LogP contribution in [0.3, 0.4) is 0 Å². The van der Waals surface area contributed by atoms with Gasteiger partial charge < -0.3 is 20.2 Å². The molecule has 0 bridgehead atoms. The first kappa shape index (κ1) is 13.5. The van der Waals surface area contributed by atoms with Gasteiger partial charge in [0.1, 0.15) is 0 Å². The molecule has 0 atom stereocenters. The molecule has 0 unspecified atom stereocenters. The molecule has 0 amide bonds. The summed E-state index contributed by atoms with van der Waals surface area (Å²) in [5, 5.41) is 29.0. The molecule has 5 heteroatoms. The van der Waals surface area contributed by atoms with Crippen LogP contribution in [0.1, 0.15) is 0 Å². The number of carbonyl (C=O) groups is 1. The fourth-order valence-electron chi connectivity index (χ4n) is 1.95. The van der Waals surface area contributed by atoms with E-state index in [1.165, 1.54) is 4.90 Å². The molecular weight excluding hydrogens is 246 g/mol. The molecule has 1 aliphatic carbocycles. The Bertz CT molecular complexity index is 520. The maximum Gasteiger partial charge on any atom is 0.226 e. The molecule has 0 saturated heterocycles. The third-order valence-electron chi connectivity index (χ3n) is 2.82. The SMILES string of the molecule is O=C1C=CC(O)(O)C(N(CCO)c2ccccc2)=C1. The lowest BCUT2D eigenvalue weighted by Crippen LogP contribution is -2.42. The summed E-state index contributed by atoms with van der Waals surface area (Å²) in [6.07, 6.45) is 3.28. The lowest BCUT2D eigenvalue weighted by atomic mass is 10.0.